The predicted octanol–water partition coefficient (Wildman–Crippen LogP) is 3.92. The second-order valence-electron chi connectivity index (χ2n) is 4.08. The molecule has 0 N–H and O–H groups in total. The SMILES string of the molecule is C#Cc1cc(CCCC)cc([C](C)CF)c1. The molecule has 0 bridgehead atoms. The van der Waals surface area contributed by atoms with E-state index in [1.165, 1.54) is 5.56 Å². The average molecular weight is 217 g/mol. The van der Waals surface area contributed by atoms with E-state index in [-0.39, 0.29) is 0 Å². The second kappa shape index (κ2) is 6.33. The maximum Gasteiger partial charge on any atom is 0.0997 e. The van der Waals surface area contributed by atoms with E-state index in [4.69, 9.17) is 6.42 Å². The topological polar surface area (TPSA) is 0 Å². The van der Waals surface area contributed by atoms with Gasteiger partial charge in [-0.1, -0.05) is 32.3 Å². The molecule has 0 spiro atoms. The highest BCUT2D eigenvalue weighted by atomic mass is 19.1. The molecule has 0 aliphatic carbocycles. The number of aryl methyl sites for hydroxylation is 1. The number of hydrogen-bond donors (Lipinski definition) is 0. The van der Waals surface area contributed by atoms with Crippen molar-refractivity contribution in [2.45, 2.75) is 33.1 Å². The lowest BCUT2D eigenvalue weighted by molar-refractivity contribution is 0.516. The lowest BCUT2D eigenvalue weighted by Crippen LogP contribution is -1.99. The van der Waals surface area contributed by atoms with E-state index >= 15 is 0 Å². The summed E-state index contributed by atoms with van der Waals surface area (Å²) < 4.78 is 12.6. The van der Waals surface area contributed by atoms with Gasteiger partial charge < -0.3 is 0 Å². The third-order valence-electron chi connectivity index (χ3n) is 2.67. The van der Waals surface area contributed by atoms with Crippen LogP contribution < -0.4 is 0 Å². The first kappa shape index (κ1) is 12.8. The molecule has 0 unspecified atom stereocenters. The van der Waals surface area contributed by atoms with Gasteiger partial charge in [0.25, 0.3) is 0 Å². The molecular weight excluding hydrogens is 199 g/mol. The Morgan fingerprint density at radius 3 is 2.69 bits per heavy atom. The van der Waals surface area contributed by atoms with Gasteiger partial charge in [-0.05, 0) is 36.1 Å². The highest BCUT2D eigenvalue weighted by Crippen LogP contribution is 2.19. The number of unbranched alkanes of at least 4 members (excludes halogenated alkanes) is 1. The highest BCUT2D eigenvalue weighted by molar-refractivity contribution is 5.44. The molecule has 0 aliphatic heterocycles. The van der Waals surface area contributed by atoms with Crippen molar-refractivity contribution in [1.29, 1.82) is 0 Å². The number of alkyl halides is 1. The maximum absolute atomic E-state index is 12.6. The van der Waals surface area contributed by atoms with Gasteiger partial charge >= 0.3 is 0 Å². The third kappa shape index (κ3) is 3.38. The Bertz CT molecular complexity index is 374. The molecular formula is C15H18F. The fraction of sp³-hybridized carbons (Fsp3) is 0.400. The van der Waals surface area contributed by atoms with Crippen LogP contribution in [0.4, 0.5) is 4.39 Å². The molecule has 0 amide bonds. The minimum Gasteiger partial charge on any atom is -0.250 e. The molecule has 16 heavy (non-hydrogen) atoms. The molecule has 0 nitrogen and oxygen atoms in total. The summed E-state index contributed by atoms with van der Waals surface area (Å²) in [7, 11) is 0. The summed E-state index contributed by atoms with van der Waals surface area (Å²) in [6.45, 7) is 3.55. The van der Waals surface area contributed by atoms with E-state index in [0.29, 0.717) is 0 Å². The van der Waals surface area contributed by atoms with Crippen LogP contribution in [-0.2, 0) is 6.42 Å². The van der Waals surface area contributed by atoms with Crippen LogP contribution in [0.15, 0.2) is 18.2 Å². The Morgan fingerprint density at radius 1 is 1.38 bits per heavy atom. The third-order valence-corrected chi connectivity index (χ3v) is 2.67. The summed E-state index contributed by atoms with van der Waals surface area (Å²) in [6.07, 6.45) is 8.71. The van der Waals surface area contributed by atoms with Gasteiger partial charge in [-0.15, -0.1) is 6.42 Å². The molecule has 0 heterocycles. The van der Waals surface area contributed by atoms with Gasteiger partial charge in [-0.3, -0.25) is 4.39 Å². The van der Waals surface area contributed by atoms with Gasteiger partial charge in [0, 0.05) is 11.5 Å². The molecule has 0 aromatic heterocycles. The number of terminal acetylenes is 1. The Balaban J connectivity index is 2.97. The molecule has 0 fully saturated rings. The van der Waals surface area contributed by atoms with Gasteiger partial charge in [0.05, 0.1) is 6.67 Å². The summed E-state index contributed by atoms with van der Waals surface area (Å²) in [6, 6.07) is 5.94. The van der Waals surface area contributed by atoms with Crippen molar-refractivity contribution in [1.82, 2.24) is 0 Å². The molecule has 1 radical (unpaired) electrons. The normalized spacial score (nSPS) is 10.4. The number of halogens is 1. The number of rotatable bonds is 5. The first-order valence-corrected chi connectivity index (χ1v) is 5.70. The van der Waals surface area contributed by atoms with Crippen LogP contribution in [0.1, 0.15) is 43.4 Å². The van der Waals surface area contributed by atoms with Crippen molar-refractivity contribution in [2.75, 3.05) is 6.67 Å². The molecule has 1 rings (SSSR count). The van der Waals surface area contributed by atoms with Crippen molar-refractivity contribution in [3.63, 3.8) is 0 Å². The van der Waals surface area contributed by atoms with Crippen molar-refractivity contribution >= 4 is 0 Å². The minimum atomic E-state index is -0.415. The van der Waals surface area contributed by atoms with Crippen LogP contribution in [0.5, 0.6) is 0 Å². The summed E-state index contributed by atoms with van der Waals surface area (Å²) in [5, 5.41) is 0. The predicted molar refractivity (Wildman–Crippen MR) is 67.0 cm³/mol. The lowest BCUT2D eigenvalue weighted by atomic mass is 9.95. The van der Waals surface area contributed by atoms with Gasteiger partial charge in [0.1, 0.15) is 0 Å². The fourth-order valence-corrected chi connectivity index (χ4v) is 1.62. The van der Waals surface area contributed by atoms with Crippen LogP contribution >= 0.6 is 0 Å². The summed E-state index contributed by atoms with van der Waals surface area (Å²) in [5.41, 5.74) is 2.99. The summed E-state index contributed by atoms with van der Waals surface area (Å²) in [5.74, 6) is 3.37. The maximum atomic E-state index is 12.6. The summed E-state index contributed by atoms with van der Waals surface area (Å²) >= 11 is 0. The van der Waals surface area contributed by atoms with Gasteiger partial charge in [0.15, 0.2) is 0 Å². The molecule has 0 saturated heterocycles. The van der Waals surface area contributed by atoms with Gasteiger partial charge in [-0.2, -0.15) is 0 Å². The van der Waals surface area contributed by atoms with Crippen molar-refractivity contribution in [3.8, 4) is 12.3 Å². The van der Waals surface area contributed by atoms with Crippen LogP contribution in [0, 0.1) is 18.3 Å². The zero-order valence-corrected chi connectivity index (χ0v) is 10.0. The molecule has 1 heteroatoms. The lowest BCUT2D eigenvalue weighted by Gasteiger charge is -2.10. The van der Waals surface area contributed by atoms with Crippen LogP contribution in [0.3, 0.4) is 0 Å². The Labute approximate surface area is 97.9 Å². The molecule has 0 atom stereocenters. The van der Waals surface area contributed by atoms with Crippen molar-refractivity contribution in [3.05, 3.63) is 40.8 Å². The Kier molecular flexibility index (Phi) is 5.05. The van der Waals surface area contributed by atoms with Crippen LogP contribution in [0.25, 0.3) is 0 Å². The minimum absolute atomic E-state index is 0.415. The first-order chi connectivity index (χ1) is 7.71. The zero-order valence-electron chi connectivity index (χ0n) is 10.0. The fourth-order valence-electron chi connectivity index (χ4n) is 1.62. The summed E-state index contributed by atoms with van der Waals surface area (Å²) in [4.78, 5) is 0. The van der Waals surface area contributed by atoms with E-state index < -0.39 is 6.67 Å². The molecule has 1 aromatic carbocycles. The average Bonchev–Trinajstić information content (AvgIpc) is 2.34. The zero-order chi connectivity index (χ0) is 12.0. The van der Waals surface area contributed by atoms with Crippen molar-refractivity contribution in [2.24, 2.45) is 0 Å². The molecule has 0 aliphatic rings. The van der Waals surface area contributed by atoms with Crippen molar-refractivity contribution < 1.29 is 4.39 Å². The van der Waals surface area contributed by atoms with Crippen LogP contribution in [0.2, 0.25) is 0 Å². The largest absolute Gasteiger partial charge is 0.250 e. The van der Waals surface area contributed by atoms with Crippen LogP contribution in [-0.4, -0.2) is 6.67 Å². The smallest absolute Gasteiger partial charge is 0.0997 e. The Morgan fingerprint density at radius 2 is 2.12 bits per heavy atom. The molecule has 1 aromatic rings. The number of hydrogen-bond acceptors (Lipinski definition) is 0. The van der Waals surface area contributed by atoms with E-state index in [9.17, 15) is 4.39 Å². The van der Waals surface area contributed by atoms with Gasteiger partial charge in [0.2, 0.25) is 0 Å². The van der Waals surface area contributed by atoms with E-state index in [2.05, 4.69) is 12.8 Å². The first-order valence-electron chi connectivity index (χ1n) is 5.70. The van der Waals surface area contributed by atoms with Gasteiger partial charge in [-0.25, -0.2) is 0 Å². The molecule has 85 valence electrons. The second-order valence-corrected chi connectivity index (χ2v) is 4.08. The van der Waals surface area contributed by atoms with E-state index in [0.717, 1.165) is 36.3 Å². The highest BCUT2D eigenvalue weighted by Gasteiger charge is 2.08. The number of benzene rings is 1. The monoisotopic (exact) mass is 217 g/mol. The van der Waals surface area contributed by atoms with E-state index in [1.54, 1.807) is 6.92 Å². The standard InChI is InChI=1S/C15H18F/c1-4-6-7-14-8-13(5-2)9-15(10-14)12(3)11-16/h2,8-10H,4,6-7,11H2,1,3H3. The van der Waals surface area contributed by atoms with E-state index in [1.807, 2.05) is 18.2 Å². The molecule has 0 saturated carbocycles. The quantitative estimate of drug-likeness (QED) is 0.656. The Hall–Kier alpha value is -1.29.